The van der Waals surface area contributed by atoms with E-state index < -0.39 is 15.8 Å². The van der Waals surface area contributed by atoms with Gasteiger partial charge in [-0.25, -0.2) is 13.2 Å². The monoisotopic (exact) mass is 456 g/mol. The SMILES string of the molecule is CSc1nnn(Cc2c(S(C)(=O)=O)ccc(C(=O)OC3=CC(=O)CCC3)c2Cl)n1. The van der Waals surface area contributed by atoms with E-state index in [2.05, 4.69) is 15.4 Å². The molecule has 0 bridgehead atoms. The lowest BCUT2D eigenvalue weighted by molar-refractivity contribution is -0.115. The van der Waals surface area contributed by atoms with Crippen molar-refractivity contribution in [2.24, 2.45) is 0 Å². The van der Waals surface area contributed by atoms with Gasteiger partial charge < -0.3 is 4.74 Å². The molecule has 0 aliphatic heterocycles. The van der Waals surface area contributed by atoms with Gasteiger partial charge in [0.15, 0.2) is 15.6 Å². The minimum absolute atomic E-state index is 0.0156. The van der Waals surface area contributed by atoms with Crippen molar-refractivity contribution in [3.05, 3.63) is 40.1 Å². The van der Waals surface area contributed by atoms with Gasteiger partial charge in [-0.2, -0.15) is 4.80 Å². The van der Waals surface area contributed by atoms with Crippen molar-refractivity contribution in [1.29, 1.82) is 0 Å². The highest BCUT2D eigenvalue weighted by atomic mass is 35.5. The number of nitrogens with zero attached hydrogens (tertiary/aromatic N) is 4. The lowest BCUT2D eigenvalue weighted by Gasteiger charge is -2.15. The van der Waals surface area contributed by atoms with Crippen LogP contribution < -0.4 is 0 Å². The maximum absolute atomic E-state index is 12.6. The first-order valence-corrected chi connectivity index (χ1v) is 12.0. The van der Waals surface area contributed by atoms with E-state index in [4.69, 9.17) is 16.3 Å². The number of carbonyl (C=O) groups excluding carboxylic acids is 2. The van der Waals surface area contributed by atoms with E-state index in [0.29, 0.717) is 24.4 Å². The van der Waals surface area contributed by atoms with Crippen LogP contribution in [0.5, 0.6) is 0 Å². The highest BCUT2D eigenvalue weighted by Crippen LogP contribution is 2.30. The summed E-state index contributed by atoms with van der Waals surface area (Å²) >= 11 is 7.68. The predicted octanol–water partition coefficient (Wildman–Crippen LogP) is 2.29. The molecule has 2 aromatic rings. The van der Waals surface area contributed by atoms with Gasteiger partial charge in [0.1, 0.15) is 5.76 Å². The lowest BCUT2D eigenvalue weighted by Crippen LogP contribution is -2.15. The van der Waals surface area contributed by atoms with E-state index in [9.17, 15) is 18.0 Å². The third-order valence-corrected chi connectivity index (χ3v) is 6.27. The minimum atomic E-state index is -3.64. The largest absolute Gasteiger partial charge is 0.427 e. The van der Waals surface area contributed by atoms with Gasteiger partial charge in [0.2, 0.25) is 5.16 Å². The van der Waals surface area contributed by atoms with Crippen molar-refractivity contribution >= 4 is 45.0 Å². The van der Waals surface area contributed by atoms with Crippen LogP contribution >= 0.6 is 23.4 Å². The summed E-state index contributed by atoms with van der Waals surface area (Å²) in [6.07, 6.45) is 5.59. The fourth-order valence-electron chi connectivity index (χ4n) is 2.79. The standard InChI is InChI=1S/C17H17ClN4O5S2/c1-28-17-19-21-22(20-17)9-13-14(29(2,25)26)7-6-12(15(13)18)16(24)27-11-5-3-4-10(23)8-11/h6-8H,3-5,9H2,1-2H3. The second kappa shape index (κ2) is 8.64. The quantitative estimate of drug-likeness (QED) is 0.475. The number of allylic oxidation sites excluding steroid dienone is 2. The molecule has 0 unspecified atom stereocenters. The highest BCUT2D eigenvalue weighted by molar-refractivity contribution is 7.98. The first-order chi connectivity index (χ1) is 13.7. The molecule has 29 heavy (non-hydrogen) atoms. The number of benzene rings is 1. The molecule has 0 spiro atoms. The number of tetrazole rings is 1. The maximum atomic E-state index is 12.6. The van der Waals surface area contributed by atoms with Gasteiger partial charge in [-0.15, -0.1) is 10.2 Å². The third kappa shape index (κ3) is 5.03. The summed E-state index contributed by atoms with van der Waals surface area (Å²) in [4.78, 5) is 25.3. The molecule has 1 heterocycles. The Labute approximate surface area is 176 Å². The second-order valence-electron chi connectivity index (χ2n) is 6.30. The zero-order valence-electron chi connectivity index (χ0n) is 15.6. The van der Waals surface area contributed by atoms with Gasteiger partial charge in [0.05, 0.1) is 22.0 Å². The Morgan fingerprint density at radius 1 is 1.34 bits per heavy atom. The average Bonchev–Trinajstić information content (AvgIpc) is 3.10. The number of hydrogen-bond donors (Lipinski definition) is 0. The number of thioether (sulfide) groups is 1. The van der Waals surface area contributed by atoms with Crippen molar-refractivity contribution < 1.29 is 22.7 Å². The summed E-state index contributed by atoms with van der Waals surface area (Å²) in [5.74, 6) is -0.618. The van der Waals surface area contributed by atoms with Gasteiger partial charge in [0, 0.05) is 30.7 Å². The van der Waals surface area contributed by atoms with E-state index in [1.807, 2.05) is 0 Å². The lowest BCUT2D eigenvalue weighted by atomic mass is 10.1. The van der Waals surface area contributed by atoms with Gasteiger partial charge in [-0.1, -0.05) is 23.4 Å². The molecule has 0 atom stereocenters. The van der Waals surface area contributed by atoms with Gasteiger partial charge in [0.25, 0.3) is 0 Å². The Morgan fingerprint density at radius 3 is 2.72 bits per heavy atom. The van der Waals surface area contributed by atoms with Crippen LogP contribution in [0, 0.1) is 0 Å². The molecule has 1 aliphatic carbocycles. The Balaban J connectivity index is 1.98. The van der Waals surface area contributed by atoms with Crippen LogP contribution in [0.4, 0.5) is 0 Å². The number of aromatic nitrogens is 4. The Kier molecular flexibility index (Phi) is 6.39. The smallest absolute Gasteiger partial charge is 0.344 e. The molecular formula is C17H17ClN4O5S2. The van der Waals surface area contributed by atoms with E-state index in [1.54, 1.807) is 6.26 Å². The van der Waals surface area contributed by atoms with Crippen molar-refractivity contribution in [3.63, 3.8) is 0 Å². The number of ketones is 1. The van der Waals surface area contributed by atoms with Crippen molar-refractivity contribution in [2.45, 2.75) is 35.9 Å². The predicted molar refractivity (Wildman–Crippen MR) is 106 cm³/mol. The summed E-state index contributed by atoms with van der Waals surface area (Å²) in [6.45, 7) is -0.100. The first-order valence-electron chi connectivity index (χ1n) is 8.48. The van der Waals surface area contributed by atoms with Crippen molar-refractivity contribution in [1.82, 2.24) is 20.2 Å². The molecule has 12 heteroatoms. The molecule has 0 fully saturated rings. The average molecular weight is 457 g/mol. The van der Waals surface area contributed by atoms with Crippen LogP contribution in [0.15, 0.2) is 34.0 Å². The van der Waals surface area contributed by atoms with E-state index in [-0.39, 0.29) is 39.1 Å². The highest BCUT2D eigenvalue weighted by Gasteiger charge is 2.25. The topological polar surface area (TPSA) is 121 Å². The Morgan fingerprint density at radius 2 is 2.10 bits per heavy atom. The van der Waals surface area contributed by atoms with Crippen LogP contribution in [-0.2, 0) is 25.9 Å². The van der Waals surface area contributed by atoms with Crippen LogP contribution in [0.3, 0.4) is 0 Å². The number of rotatable bonds is 6. The molecule has 9 nitrogen and oxygen atoms in total. The molecular weight excluding hydrogens is 440 g/mol. The van der Waals surface area contributed by atoms with Gasteiger partial charge in [-0.05, 0) is 30.0 Å². The zero-order valence-corrected chi connectivity index (χ0v) is 18.0. The zero-order chi connectivity index (χ0) is 21.2. The van der Waals surface area contributed by atoms with Gasteiger partial charge >= 0.3 is 5.97 Å². The van der Waals surface area contributed by atoms with Crippen LogP contribution in [0.25, 0.3) is 0 Å². The number of halogens is 1. The van der Waals surface area contributed by atoms with E-state index >= 15 is 0 Å². The molecule has 0 saturated heterocycles. The first kappa shape index (κ1) is 21.5. The van der Waals surface area contributed by atoms with Gasteiger partial charge in [-0.3, -0.25) is 4.79 Å². The molecule has 154 valence electrons. The minimum Gasteiger partial charge on any atom is -0.427 e. The summed E-state index contributed by atoms with van der Waals surface area (Å²) in [5, 5.41) is 12.1. The Hall–Kier alpha value is -2.24. The van der Waals surface area contributed by atoms with Crippen LogP contribution in [-0.4, -0.2) is 52.9 Å². The summed E-state index contributed by atoms with van der Waals surface area (Å²) < 4.78 is 29.7. The summed E-state index contributed by atoms with van der Waals surface area (Å²) in [5.41, 5.74) is 0.139. The van der Waals surface area contributed by atoms with E-state index in [0.717, 1.165) is 6.26 Å². The number of ether oxygens (including phenoxy) is 1. The third-order valence-electron chi connectivity index (χ3n) is 4.13. The molecule has 1 aromatic heterocycles. The molecule has 0 saturated carbocycles. The summed E-state index contributed by atoms with van der Waals surface area (Å²) in [6, 6.07) is 2.58. The number of sulfone groups is 1. The number of hydrogen-bond acceptors (Lipinski definition) is 9. The number of esters is 1. The molecule has 0 N–H and O–H groups in total. The Bertz CT molecular complexity index is 1110. The molecule has 0 radical (unpaired) electrons. The van der Waals surface area contributed by atoms with Crippen LogP contribution in [0.2, 0.25) is 5.02 Å². The molecule has 3 rings (SSSR count). The van der Waals surface area contributed by atoms with Crippen molar-refractivity contribution in [3.8, 4) is 0 Å². The maximum Gasteiger partial charge on any atom is 0.344 e. The normalized spacial score (nSPS) is 14.6. The number of carbonyl (C=O) groups is 2. The van der Waals surface area contributed by atoms with E-state index in [1.165, 1.54) is 34.8 Å². The fourth-order valence-corrected chi connectivity index (χ4v) is 4.37. The fraction of sp³-hybridized carbons (Fsp3) is 0.353. The summed E-state index contributed by atoms with van der Waals surface area (Å²) in [7, 11) is -3.64. The van der Waals surface area contributed by atoms with Crippen molar-refractivity contribution in [2.75, 3.05) is 12.5 Å². The molecule has 1 aromatic carbocycles. The molecule has 1 aliphatic rings. The van der Waals surface area contributed by atoms with Crippen LogP contribution in [0.1, 0.15) is 35.2 Å². The molecule has 0 amide bonds. The second-order valence-corrected chi connectivity index (χ2v) is 9.44.